The second kappa shape index (κ2) is 9.68. The molecule has 0 radical (unpaired) electrons. The fourth-order valence-electron chi connectivity index (χ4n) is 3.89. The third kappa shape index (κ3) is 5.03. The normalized spacial score (nSPS) is 11.9. The Hall–Kier alpha value is -2.69. The Balaban J connectivity index is 1.61. The van der Waals surface area contributed by atoms with Crippen molar-refractivity contribution < 1.29 is 0 Å². The Morgan fingerprint density at radius 1 is 0.586 bits per heavy atom. The lowest BCUT2D eigenvalue weighted by Crippen LogP contribution is -1.99. The average Bonchev–Trinajstić information content (AvgIpc) is 2.80. The first-order valence-corrected chi connectivity index (χ1v) is 11.0. The van der Waals surface area contributed by atoms with E-state index in [9.17, 15) is 0 Å². The van der Waals surface area contributed by atoms with E-state index in [2.05, 4.69) is 118 Å². The zero-order valence-electron chi connectivity index (χ0n) is 16.7. The van der Waals surface area contributed by atoms with Crippen molar-refractivity contribution in [2.75, 3.05) is 0 Å². The molecule has 0 spiro atoms. The zero-order valence-corrected chi connectivity index (χ0v) is 17.8. The molecule has 0 nitrogen and oxygen atoms in total. The minimum Gasteiger partial charge on any atom is -0.125 e. The summed E-state index contributed by atoms with van der Waals surface area (Å²) in [5.41, 5.74) is 8.42. The van der Waals surface area contributed by atoms with Gasteiger partial charge in [-0.2, -0.15) is 0 Å². The summed E-state index contributed by atoms with van der Waals surface area (Å²) in [5.74, 6) is 0. The molecule has 0 bridgehead atoms. The van der Waals surface area contributed by atoms with Crippen LogP contribution in [0.3, 0.4) is 0 Å². The lowest BCUT2D eigenvalue weighted by atomic mass is 9.91. The van der Waals surface area contributed by atoms with Gasteiger partial charge in [-0.25, -0.2) is 0 Å². The van der Waals surface area contributed by atoms with Crippen LogP contribution in [0.5, 0.6) is 0 Å². The zero-order chi connectivity index (χ0) is 19.9. The van der Waals surface area contributed by atoms with Gasteiger partial charge in [-0.1, -0.05) is 109 Å². The molecule has 2 atom stereocenters. The highest BCUT2D eigenvalue weighted by molar-refractivity contribution is 7.17. The molecule has 0 aliphatic heterocycles. The van der Waals surface area contributed by atoms with E-state index in [1.807, 2.05) is 0 Å². The first-order chi connectivity index (χ1) is 14.3. The number of aryl methyl sites for hydroxylation is 2. The third-order valence-corrected chi connectivity index (χ3v) is 6.21. The smallest absolute Gasteiger partial charge is 0.0240 e. The van der Waals surface area contributed by atoms with Crippen LogP contribution in [0.15, 0.2) is 109 Å². The second-order valence-electron chi connectivity index (χ2n) is 7.52. The lowest BCUT2D eigenvalue weighted by Gasteiger charge is -2.19. The van der Waals surface area contributed by atoms with E-state index >= 15 is 0 Å². The van der Waals surface area contributed by atoms with Crippen LogP contribution in [0.25, 0.3) is 11.1 Å². The van der Waals surface area contributed by atoms with Gasteiger partial charge in [0, 0.05) is 5.66 Å². The van der Waals surface area contributed by atoms with Crippen molar-refractivity contribution in [2.24, 2.45) is 0 Å². The van der Waals surface area contributed by atoms with E-state index < -0.39 is 0 Å². The van der Waals surface area contributed by atoms with Gasteiger partial charge in [0.25, 0.3) is 0 Å². The van der Waals surface area contributed by atoms with Crippen LogP contribution < -0.4 is 0 Å². The van der Waals surface area contributed by atoms with Gasteiger partial charge in [-0.15, -0.1) is 9.24 Å². The fourth-order valence-corrected chi connectivity index (χ4v) is 4.38. The summed E-state index contributed by atoms with van der Waals surface area (Å²) < 4.78 is 0. The van der Waals surface area contributed by atoms with Gasteiger partial charge < -0.3 is 0 Å². The van der Waals surface area contributed by atoms with Gasteiger partial charge >= 0.3 is 0 Å². The van der Waals surface area contributed by atoms with Crippen LogP contribution in [-0.2, 0) is 12.8 Å². The highest BCUT2D eigenvalue weighted by Crippen LogP contribution is 2.38. The lowest BCUT2D eigenvalue weighted by molar-refractivity contribution is 0.819. The van der Waals surface area contributed by atoms with Crippen molar-refractivity contribution >= 4 is 9.24 Å². The van der Waals surface area contributed by atoms with E-state index in [0.29, 0.717) is 0 Å². The molecular weight excluding hydrogens is 367 g/mol. The molecule has 144 valence electrons. The predicted octanol–water partition coefficient (Wildman–Crippen LogP) is 7.49. The van der Waals surface area contributed by atoms with Crippen LogP contribution in [0.1, 0.15) is 34.3 Å². The minimum atomic E-state index is 0.278. The predicted molar refractivity (Wildman–Crippen MR) is 128 cm³/mol. The SMILES string of the molecule is PC(c1ccccc1)c1cc(CCCc2ccccc2)ccc1-c1ccccc1. The molecule has 0 saturated heterocycles. The Morgan fingerprint density at radius 3 is 1.86 bits per heavy atom. The molecule has 0 aliphatic carbocycles. The molecule has 4 rings (SSSR count). The van der Waals surface area contributed by atoms with Gasteiger partial charge in [-0.3, -0.25) is 0 Å². The number of rotatable bonds is 7. The number of hydrogen-bond acceptors (Lipinski definition) is 0. The highest BCUT2D eigenvalue weighted by Gasteiger charge is 2.15. The first kappa shape index (κ1) is 19.6. The quantitative estimate of drug-likeness (QED) is 0.285. The van der Waals surface area contributed by atoms with E-state index in [-0.39, 0.29) is 5.66 Å². The molecule has 0 amide bonds. The molecule has 1 heteroatoms. The summed E-state index contributed by atoms with van der Waals surface area (Å²) in [6.45, 7) is 0. The van der Waals surface area contributed by atoms with Gasteiger partial charge in [0.15, 0.2) is 0 Å². The molecular formula is C28H27P. The summed E-state index contributed by atoms with van der Waals surface area (Å²) in [6.07, 6.45) is 3.39. The molecule has 0 aliphatic rings. The van der Waals surface area contributed by atoms with Crippen molar-refractivity contribution in [3.63, 3.8) is 0 Å². The Labute approximate surface area is 176 Å². The molecule has 0 heterocycles. The molecule has 0 saturated carbocycles. The number of hydrogen-bond donors (Lipinski definition) is 0. The highest BCUT2D eigenvalue weighted by atomic mass is 31.0. The van der Waals surface area contributed by atoms with Crippen LogP contribution in [0.2, 0.25) is 0 Å². The molecule has 0 N–H and O–H groups in total. The average molecular weight is 394 g/mol. The Morgan fingerprint density at radius 2 is 1.17 bits per heavy atom. The standard InChI is InChI=1S/C28H27P/c29-28(25-17-8-3-9-18-25)27-21-23(14-10-13-22-11-4-1-5-12-22)19-20-26(27)24-15-6-2-7-16-24/h1-9,11-12,15-21,28H,10,13-14,29H2. The van der Waals surface area contributed by atoms with Gasteiger partial charge in [0.1, 0.15) is 0 Å². The summed E-state index contributed by atoms with van der Waals surface area (Å²) in [7, 11) is 3.06. The van der Waals surface area contributed by atoms with Gasteiger partial charge in [-0.05, 0) is 52.6 Å². The Kier molecular flexibility index (Phi) is 6.55. The topological polar surface area (TPSA) is 0 Å². The molecule has 0 aromatic heterocycles. The van der Waals surface area contributed by atoms with Crippen molar-refractivity contribution in [2.45, 2.75) is 24.9 Å². The minimum absolute atomic E-state index is 0.278. The van der Waals surface area contributed by atoms with Crippen molar-refractivity contribution in [3.05, 3.63) is 131 Å². The molecule has 4 aromatic carbocycles. The summed E-state index contributed by atoms with van der Waals surface area (Å²) in [4.78, 5) is 0. The summed E-state index contributed by atoms with van der Waals surface area (Å²) >= 11 is 0. The van der Waals surface area contributed by atoms with Gasteiger partial charge in [0.2, 0.25) is 0 Å². The molecule has 4 aromatic rings. The monoisotopic (exact) mass is 394 g/mol. The van der Waals surface area contributed by atoms with Crippen LogP contribution >= 0.6 is 9.24 Å². The maximum absolute atomic E-state index is 3.06. The fraction of sp³-hybridized carbons (Fsp3) is 0.143. The largest absolute Gasteiger partial charge is 0.125 e. The molecule has 29 heavy (non-hydrogen) atoms. The van der Waals surface area contributed by atoms with Crippen molar-refractivity contribution in [1.82, 2.24) is 0 Å². The van der Waals surface area contributed by atoms with Gasteiger partial charge in [0.05, 0.1) is 0 Å². The molecule has 0 fully saturated rings. The van der Waals surface area contributed by atoms with Crippen LogP contribution in [-0.4, -0.2) is 0 Å². The summed E-state index contributed by atoms with van der Waals surface area (Å²) in [6, 6.07) is 39.3. The third-order valence-electron chi connectivity index (χ3n) is 5.47. The van der Waals surface area contributed by atoms with Crippen molar-refractivity contribution in [3.8, 4) is 11.1 Å². The maximum Gasteiger partial charge on any atom is 0.0240 e. The first-order valence-electron chi connectivity index (χ1n) is 10.3. The molecule has 2 unspecified atom stereocenters. The van der Waals surface area contributed by atoms with Crippen LogP contribution in [0.4, 0.5) is 0 Å². The van der Waals surface area contributed by atoms with E-state index in [1.54, 1.807) is 0 Å². The van der Waals surface area contributed by atoms with E-state index in [1.165, 1.54) is 39.8 Å². The Bertz CT molecular complexity index is 1020. The van der Waals surface area contributed by atoms with E-state index in [4.69, 9.17) is 0 Å². The maximum atomic E-state index is 3.06. The number of benzene rings is 4. The van der Waals surface area contributed by atoms with Crippen LogP contribution in [0, 0.1) is 0 Å². The van der Waals surface area contributed by atoms with Crippen molar-refractivity contribution in [1.29, 1.82) is 0 Å². The summed E-state index contributed by atoms with van der Waals surface area (Å²) in [5, 5.41) is 0. The second-order valence-corrected chi connectivity index (χ2v) is 8.18. The van der Waals surface area contributed by atoms with E-state index in [0.717, 1.165) is 12.8 Å².